The topological polar surface area (TPSA) is 108 Å². The van der Waals surface area contributed by atoms with E-state index in [4.69, 9.17) is 15.7 Å². The molecule has 2 heterocycles. The highest BCUT2D eigenvalue weighted by Crippen LogP contribution is 2.33. The van der Waals surface area contributed by atoms with Crippen molar-refractivity contribution in [2.45, 2.75) is 19.3 Å². The number of hydrogen-bond acceptors (Lipinski definition) is 5. The Bertz CT molecular complexity index is 445. The molecule has 8 heteroatoms. The van der Waals surface area contributed by atoms with Crippen LogP contribution in [-0.4, -0.2) is 72.6 Å². The van der Waals surface area contributed by atoms with Gasteiger partial charge in [-0.15, -0.1) is 0 Å². The number of hydrogen-bond donors (Lipinski definition) is 2. The smallest absolute Gasteiger partial charge is 0.241 e. The van der Waals surface area contributed by atoms with Gasteiger partial charge in [0.05, 0.1) is 6.54 Å². The van der Waals surface area contributed by atoms with Crippen LogP contribution in [0.15, 0.2) is 5.16 Å². The number of rotatable bonds is 2. The highest BCUT2D eigenvalue weighted by atomic mass is 16.5. The number of amidine groups is 1. The maximum atomic E-state index is 12.9. The Morgan fingerprint density at radius 2 is 2.05 bits per heavy atom. The molecule has 118 valence electrons. The highest BCUT2D eigenvalue weighted by molar-refractivity contribution is 6.07. The van der Waals surface area contributed by atoms with E-state index in [0.29, 0.717) is 39.1 Å². The van der Waals surface area contributed by atoms with Crippen molar-refractivity contribution in [1.82, 2.24) is 9.80 Å². The number of oxime groups is 1. The minimum Gasteiger partial charge on any atom is -0.409 e. The normalized spacial score (nSPS) is 23.9. The molecule has 0 unspecified atom stereocenters. The molecule has 2 rings (SSSR count). The second-order valence-electron chi connectivity index (χ2n) is 5.58. The van der Waals surface area contributed by atoms with Gasteiger partial charge >= 0.3 is 0 Å². The van der Waals surface area contributed by atoms with E-state index in [1.807, 2.05) is 0 Å². The zero-order chi connectivity index (χ0) is 15.5. The number of ether oxygens (including phenoxy) is 1. The quantitative estimate of drug-likeness (QED) is 0.301. The summed E-state index contributed by atoms with van der Waals surface area (Å²) in [4.78, 5) is 28.0. The first-order chi connectivity index (χ1) is 10.0. The first-order valence-corrected chi connectivity index (χ1v) is 7.10. The molecule has 0 bridgehead atoms. The summed E-state index contributed by atoms with van der Waals surface area (Å²) in [7, 11) is 1.73. The lowest BCUT2D eigenvalue weighted by atomic mass is 9.77. The second kappa shape index (κ2) is 6.30. The average Bonchev–Trinajstić information content (AvgIpc) is 2.68. The van der Waals surface area contributed by atoms with Gasteiger partial charge in [-0.2, -0.15) is 0 Å². The van der Waals surface area contributed by atoms with Crippen LogP contribution in [0.2, 0.25) is 0 Å². The van der Waals surface area contributed by atoms with Crippen molar-refractivity contribution < 1.29 is 19.5 Å². The fraction of sp³-hybridized carbons (Fsp3) is 0.769. The number of carbonyl (C=O) groups is 2. The molecule has 0 radical (unpaired) electrons. The van der Waals surface area contributed by atoms with Crippen LogP contribution in [0.25, 0.3) is 0 Å². The maximum absolute atomic E-state index is 12.9. The Balaban J connectivity index is 2.23. The zero-order valence-electron chi connectivity index (χ0n) is 12.2. The molecule has 0 saturated carbocycles. The third-order valence-electron chi connectivity index (χ3n) is 4.31. The summed E-state index contributed by atoms with van der Waals surface area (Å²) in [5, 5.41) is 12.1. The standard InChI is InChI=1S/C13H22N4O4/c1-16-5-2-6-17(9-10(16)18)12(19)13(11(14)15-20)3-7-21-8-4-13/h20H,2-9H2,1H3,(H2,14,15). The predicted molar refractivity (Wildman–Crippen MR) is 74.7 cm³/mol. The van der Waals surface area contributed by atoms with E-state index in [9.17, 15) is 9.59 Å². The molecule has 0 atom stereocenters. The van der Waals surface area contributed by atoms with Crippen molar-refractivity contribution in [3.8, 4) is 0 Å². The van der Waals surface area contributed by atoms with Gasteiger partial charge < -0.3 is 25.5 Å². The van der Waals surface area contributed by atoms with Crippen molar-refractivity contribution in [3.63, 3.8) is 0 Å². The van der Waals surface area contributed by atoms with Crippen molar-refractivity contribution in [1.29, 1.82) is 0 Å². The minimum atomic E-state index is -1.06. The summed E-state index contributed by atoms with van der Waals surface area (Å²) in [5.41, 5.74) is 4.73. The summed E-state index contributed by atoms with van der Waals surface area (Å²) in [6, 6.07) is 0. The molecular formula is C13H22N4O4. The largest absolute Gasteiger partial charge is 0.409 e. The summed E-state index contributed by atoms with van der Waals surface area (Å²) < 4.78 is 5.28. The number of amides is 2. The van der Waals surface area contributed by atoms with Crippen LogP contribution in [0, 0.1) is 5.41 Å². The molecule has 0 spiro atoms. The summed E-state index contributed by atoms with van der Waals surface area (Å²) in [6.07, 6.45) is 1.45. The van der Waals surface area contributed by atoms with Gasteiger partial charge in [0.25, 0.3) is 0 Å². The van der Waals surface area contributed by atoms with E-state index in [2.05, 4.69) is 5.16 Å². The lowest BCUT2D eigenvalue weighted by molar-refractivity contribution is -0.146. The van der Waals surface area contributed by atoms with Crippen molar-refractivity contribution >= 4 is 17.6 Å². The van der Waals surface area contributed by atoms with Gasteiger partial charge in [-0.1, -0.05) is 5.16 Å². The Morgan fingerprint density at radius 1 is 1.38 bits per heavy atom. The van der Waals surface area contributed by atoms with Crippen LogP contribution in [-0.2, 0) is 14.3 Å². The highest BCUT2D eigenvalue weighted by Gasteiger charge is 2.47. The van der Waals surface area contributed by atoms with Crippen LogP contribution in [0.3, 0.4) is 0 Å². The summed E-state index contributed by atoms with van der Waals surface area (Å²) in [5.74, 6) is -0.437. The molecule has 2 aliphatic heterocycles. The van der Waals surface area contributed by atoms with Gasteiger partial charge in [-0.3, -0.25) is 9.59 Å². The van der Waals surface area contributed by atoms with Gasteiger partial charge in [0, 0.05) is 33.4 Å². The Labute approximate surface area is 123 Å². The average molecular weight is 298 g/mol. The lowest BCUT2D eigenvalue weighted by Gasteiger charge is -2.38. The van der Waals surface area contributed by atoms with Crippen molar-refractivity contribution in [2.24, 2.45) is 16.3 Å². The third kappa shape index (κ3) is 2.94. The fourth-order valence-corrected chi connectivity index (χ4v) is 2.86. The van der Waals surface area contributed by atoms with E-state index in [0.717, 1.165) is 6.42 Å². The number of carbonyl (C=O) groups excluding carboxylic acids is 2. The van der Waals surface area contributed by atoms with Crippen LogP contribution in [0.1, 0.15) is 19.3 Å². The van der Waals surface area contributed by atoms with Gasteiger partial charge in [0.1, 0.15) is 5.41 Å². The monoisotopic (exact) mass is 298 g/mol. The second-order valence-corrected chi connectivity index (χ2v) is 5.58. The van der Waals surface area contributed by atoms with Crippen molar-refractivity contribution in [3.05, 3.63) is 0 Å². The van der Waals surface area contributed by atoms with Gasteiger partial charge in [0.2, 0.25) is 11.8 Å². The first-order valence-electron chi connectivity index (χ1n) is 7.10. The van der Waals surface area contributed by atoms with Crippen LogP contribution >= 0.6 is 0 Å². The van der Waals surface area contributed by atoms with Gasteiger partial charge in [-0.05, 0) is 19.3 Å². The first kappa shape index (κ1) is 15.6. The van der Waals surface area contributed by atoms with E-state index >= 15 is 0 Å². The van der Waals surface area contributed by atoms with E-state index < -0.39 is 5.41 Å². The molecule has 0 aromatic rings. The Hall–Kier alpha value is -1.83. The molecule has 2 amide bonds. The Kier molecular flexibility index (Phi) is 4.66. The Morgan fingerprint density at radius 3 is 2.67 bits per heavy atom. The van der Waals surface area contributed by atoms with Gasteiger partial charge in [0.15, 0.2) is 5.84 Å². The fourth-order valence-electron chi connectivity index (χ4n) is 2.86. The van der Waals surface area contributed by atoms with Crippen LogP contribution in [0.4, 0.5) is 0 Å². The van der Waals surface area contributed by atoms with E-state index in [-0.39, 0.29) is 24.2 Å². The number of likely N-dealkylation sites (N-methyl/N-ethyl adjacent to an activating group) is 1. The SMILES string of the molecule is CN1CCCN(C(=O)C2(C(N)=NO)CCOCC2)CC1=O. The third-order valence-corrected chi connectivity index (χ3v) is 4.31. The molecule has 2 fully saturated rings. The van der Waals surface area contributed by atoms with E-state index in [1.165, 1.54) is 4.90 Å². The van der Waals surface area contributed by atoms with Gasteiger partial charge in [-0.25, -0.2) is 0 Å². The summed E-state index contributed by atoms with van der Waals surface area (Å²) >= 11 is 0. The molecule has 2 saturated heterocycles. The molecule has 2 aliphatic rings. The maximum Gasteiger partial charge on any atom is 0.241 e. The molecule has 8 nitrogen and oxygen atoms in total. The minimum absolute atomic E-state index is 0.0383. The molecule has 3 N–H and O–H groups in total. The molecular weight excluding hydrogens is 276 g/mol. The summed E-state index contributed by atoms with van der Waals surface area (Å²) in [6.45, 7) is 1.92. The predicted octanol–water partition coefficient (Wildman–Crippen LogP) is -0.780. The molecule has 21 heavy (non-hydrogen) atoms. The number of nitrogens with two attached hydrogens (primary N) is 1. The molecule has 0 aromatic heterocycles. The van der Waals surface area contributed by atoms with E-state index in [1.54, 1.807) is 11.9 Å². The van der Waals surface area contributed by atoms with Crippen LogP contribution < -0.4 is 5.73 Å². The van der Waals surface area contributed by atoms with Crippen LogP contribution in [0.5, 0.6) is 0 Å². The lowest BCUT2D eigenvalue weighted by Crippen LogP contribution is -2.55. The number of nitrogens with zero attached hydrogens (tertiary/aromatic N) is 3. The molecule has 0 aliphatic carbocycles. The zero-order valence-corrected chi connectivity index (χ0v) is 12.2. The molecule has 0 aromatic carbocycles. The van der Waals surface area contributed by atoms with Crippen molar-refractivity contribution in [2.75, 3.05) is 39.9 Å².